The molecule has 33 heavy (non-hydrogen) atoms. The molecule has 1 heterocycles. The van der Waals surface area contributed by atoms with Gasteiger partial charge in [0.25, 0.3) is 5.91 Å². The Morgan fingerprint density at radius 3 is 2.39 bits per heavy atom. The fourth-order valence-corrected chi connectivity index (χ4v) is 5.25. The second kappa shape index (κ2) is 10.6. The second-order valence-corrected chi connectivity index (χ2v) is 10.0. The summed E-state index contributed by atoms with van der Waals surface area (Å²) in [7, 11) is -4.00. The number of rotatable bonds is 7. The summed E-state index contributed by atoms with van der Waals surface area (Å²) in [6.07, 6.45) is 1.32. The number of halogens is 3. The lowest BCUT2D eigenvalue weighted by atomic mass is 9.97. The predicted molar refractivity (Wildman–Crippen MR) is 121 cm³/mol. The molecule has 7 nitrogen and oxygen atoms in total. The molecule has 0 aromatic heterocycles. The van der Waals surface area contributed by atoms with E-state index >= 15 is 0 Å². The van der Waals surface area contributed by atoms with E-state index in [2.05, 4.69) is 10.6 Å². The molecule has 1 saturated heterocycles. The van der Waals surface area contributed by atoms with Gasteiger partial charge in [-0.3, -0.25) is 9.59 Å². The topological polar surface area (TPSA) is 95.6 Å². The molecule has 2 aromatic rings. The molecule has 178 valence electrons. The lowest BCUT2D eigenvalue weighted by molar-refractivity contribution is -0.120. The summed E-state index contributed by atoms with van der Waals surface area (Å²) in [6.45, 7) is 2.59. The van der Waals surface area contributed by atoms with Gasteiger partial charge in [-0.1, -0.05) is 18.5 Å². The van der Waals surface area contributed by atoms with Crippen LogP contribution >= 0.6 is 11.6 Å². The van der Waals surface area contributed by atoms with Crippen LogP contribution in [-0.4, -0.2) is 44.2 Å². The zero-order valence-corrected chi connectivity index (χ0v) is 19.5. The van der Waals surface area contributed by atoms with Crippen LogP contribution in [0, 0.1) is 17.6 Å². The van der Waals surface area contributed by atoms with Crippen molar-refractivity contribution in [2.75, 3.05) is 25.0 Å². The molecular weight excluding hydrogens is 476 g/mol. The predicted octanol–water partition coefficient (Wildman–Crippen LogP) is 3.80. The molecule has 1 aliphatic rings. The zero-order valence-electron chi connectivity index (χ0n) is 17.9. The molecule has 0 spiro atoms. The lowest BCUT2D eigenvalue weighted by Crippen LogP contribution is -2.41. The Kier molecular flexibility index (Phi) is 8.04. The molecule has 3 rings (SSSR count). The molecule has 0 aliphatic carbocycles. The minimum Gasteiger partial charge on any atom is -0.352 e. The number of piperidine rings is 1. The Labute approximate surface area is 196 Å². The van der Waals surface area contributed by atoms with E-state index in [0.29, 0.717) is 23.9 Å². The number of carbonyl (C=O) groups is 2. The highest BCUT2D eigenvalue weighted by molar-refractivity contribution is 7.89. The summed E-state index contributed by atoms with van der Waals surface area (Å²) < 4.78 is 53.1. The van der Waals surface area contributed by atoms with Crippen molar-refractivity contribution in [1.82, 2.24) is 9.62 Å². The van der Waals surface area contributed by atoms with Gasteiger partial charge in [-0.2, -0.15) is 4.31 Å². The van der Waals surface area contributed by atoms with Crippen molar-refractivity contribution in [3.63, 3.8) is 0 Å². The number of hydrogen-bond acceptors (Lipinski definition) is 4. The molecule has 1 fully saturated rings. The molecule has 0 saturated carbocycles. The minimum absolute atomic E-state index is 0.0662. The van der Waals surface area contributed by atoms with Crippen molar-refractivity contribution in [3.8, 4) is 0 Å². The third-order valence-electron chi connectivity index (χ3n) is 5.37. The summed E-state index contributed by atoms with van der Waals surface area (Å²) in [5.74, 6) is -3.39. The maximum atomic E-state index is 13.5. The maximum absolute atomic E-state index is 13.5. The first-order valence-corrected chi connectivity index (χ1v) is 12.3. The first kappa shape index (κ1) is 25.1. The first-order chi connectivity index (χ1) is 15.6. The largest absolute Gasteiger partial charge is 0.352 e. The number of hydrogen-bond donors (Lipinski definition) is 2. The van der Waals surface area contributed by atoms with Gasteiger partial charge in [-0.15, -0.1) is 0 Å². The van der Waals surface area contributed by atoms with Crippen molar-refractivity contribution in [3.05, 3.63) is 58.6 Å². The van der Waals surface area contributed by atoms with Gasteiger partial charge >= 0.3 is 0 Å². The zero-order chi connectivity index (χ0) is 24.2. The highest BCUT2D eigenvalue weighted by Gasteiger charge is 2.32. The summed E-state index contributed by atoms with van der Waals surface area (Å²) in [5.41, 5.74) is 0.729. The van der Waals surface area contributed by atoms with E-state index in [1.54, 1.807) is 6.07 Å². The van der Waals surface area contributed by atoms with Crippen LogP contribution in [0.15, 0.2) is 41.3 Å². The number of sulfonamides is 1. The van der Waals surface area contributed by atoms with Crippen LogP contribution < -0.4 is 10.6 Å². The molecule has 11 heteroatoms. The Balaban J connectivity index is 1.60. The molecule has 0 bridgehead atoms. The van der Waals surface area contributed by atoms with E-state index in [-0.39, 0.29) is 47.7 Å². The Morgan fingerprint density at radius 2 is 1.79 bits per heavy atom. The Morgan fingerprint density at radius 1 is 1.09 bits per heavy atom. The van der Waals surface area contributed by atoms with E-state index in [1.807, 2.05) is 6.92 Å². The van der Waals surface area contributed by atoms with Gasteiger partial charge in [-0.25, -0.2) is 17.2 Å². The summed E-state index contributed by atoms with van der Waals surface area (Å²) >= 11 is 6.19. The minimum atomic E-state index is -4.00. The maximum Gasteiger partial charge on any atom is 0.252 e. The van der Waals surface area contributed by atoms with Crippen molar-refractivity contribution in [2.24, 2.45) is 5.92 Å². The monoisotopic (exact) mass is 499 g/mol. The van der Waals surface area contributed by atoms with E-state index < -0.39 is 27.6 Å². The van der Waals surface area contributed by atoms with Gasteiger partial charge in [0.05, 0.1) is 15.5 Å². The van der Waals surface area contributed by atoms with Crippen molar-refractivity contribution < 1.29 is 26.8 Å². The third-order valence-corrected chi connectivity index (χ3v) is 7.58. The van der Waals surface area contributed by atoms with Gasteiger partial charge in [0.15, 0.2) is 11.6 Å². The average molecular weight is 500 g/mol. The fraction of sp³-hybridized carbons (Fsp3) is 0.364. The Hall–Kier alpha value is -2.56. The van der Waals surface area contributed by atoms with Crippen molar-refractivity contribution >= 4 is 39.1 Å². The van der Waals surface area contributed by atoms with Crippen LogP contribution in [0.5, 0.6) is 0 Å². The van der Waals surface area contributed by atoms with Gasteiger partial charge in [0.2, 0.25) is 15.9 Å². The Bertz CT molecular complexity index is 1150. The van der Waals surface area contributed by atoms with Gasteiger partial charge in [0, 0.05) is 31.2 Å². The van der Waals surface area contributed by atoms with E-state index in [0.717, 1.165) is 22.9 Å². The van der Waals surface area contributed by atoms with Gasteiger partial charge in [-0.05, 0) is 55.7 Å². The number of nitrogens with zero attached hydrogens (tertiary/aromatic N) is 1. The third kappa shape index (κ3) is 5.87. The van der Waals surface area contributed by atoms with Crippen LogP contribution in [0.25, 0.3) is 0 Å². The number of anilines is 1. The molecular formula is C22H24ClF2N3O4S. The van der Waals surface area contributed by atoms with Crippen LogP contribution in [0.1, 0.15) is 36.5 Å². The van der Waals surface area contributed by atoms with Crippen molar-refractivity contribution in [1.29, 1.82) is 0 Å². The SMILES string of the molecule is CCCNC(=O)c1ccc(NC(=O)C2CCN(S(=O)(=O)c3ccc(F)c(F)c3)CC2)cc1Cl. The standard InChI is InChI=1S/C22H24ClF2N3O4S/c1-2-9-26-22(30)17-5-3-15(12-18(17)23)27-21(29)14-7-10-28(11-8-14)33(31,32)16-4-6-19(24)20(25)13-16/h3-6,12-14H,2,7-11H2,1H3,(H,26,30)(H,27,29). The molecule has 0 unspecified atom stereocenters. The normalized spacial score (nSPS) is 15.3. The summed E-state index contributed by atoms with van der Waals surface area (Å²) in [6, 6.07) is 7.03. The van der Waals surface area contributed by atoms with Gasteiger partial charge in [0.1, 0.15) is 0 Å². The highest BCUT2D eigenvalue weighted by atomic mass is 35.5. The van der Waals surface area contributed by atoms with Crippen molar-refractivity contribution in [2.45, 2.75) is 31.1 Å². The first-order valence-electron chi connectivity index (χ1n) is 10.5. The summed E-state index contributed by atoms with van der Waals surface area (Å²) in [4.78, 5) is 24.4. The quantitative estimate of drug-likeness (QED) is 0.605. The van der Waals surface area contributed by atoms with Crippen LogP contribution in [-0.2, 0) is 14.8 Å². The number of nitrogens with one attached hydrogen (secondary N) is 2. The second-order valence-electron chi connectivity index (χ2n) is 7.69. The molecule has 2 amide bonds. The molecule has 0 atom stereocenters. The fourth-order valence-electron chi connectivity index (χ4n) is 3.50. The van der Waals surface area contributed by atoms with Crippen LogP contribution in [0.4, 0.5) is 14.5 Å². The lowest BCUT2D eigenvalue weighted by Gasteiger charge is -2.30. The molecule has 1 aliphatic heterocycles. The smallest absolute Gasteiger partial charge is 0.252 e. The van der Waals surface area contributed by atoms with E-state index in [4.69, 9.17) is 11.6 Å². The average Bonchev–Trinajstić information content (AvgIpc) is 2.79. The van der Waals surface area contributed by atoms with Crippen LogP contribution in [0.2, 0.25) is 5.02 Å². The summed E-state index contributed by atoms with van der Waals surface area (Å²) in [5, 5.41) is 5.68. The van der Waals surface area contributed by atoms with E-state index in [1.165, 1.54) is 12.1 Å². The highest BCUT2D eigenvalue weighted by Crippen LogP contribution is 2.27. The molecule has 2 N–H and O–H groups in total. The van der Waals surface area contributed by atoms with Crippen LogP contribution in [0.3, 0.4) is 0 Å². The number of carbonyl (C=O) groups excluding carboxylic acids is 2. The number of benzene rings is 2. The number of amides is 2. The van der Waals surface area contributed by atoms with E-state index in [9.17, 15) is 26.8 Å². The van der Waals surface area contributed by atoms with Gasteiger partial charge < -0.3 is 10.6 Å². The molecule has 0 radical (unpaired) electrons. The molecule has 2 aromatic carbocycles.